The maximum absolute atomic E-state index is 13.5. The second kappa shape index (κ2) is 6.55. The number of nitrogens with one attached hydrogen (secondary N) is 1. The molecule has 1 aliphatic rings. The lowest BCUT2D eigenvalue weighted by atomic mass is 9.78. The molecule has 1 aliphatic carbocycles. The van der Waals surface area contributed by atoms with Crippen molar-refractivity contribution in [2.24, 2.45) is 5.92 Å². The Morgan fingerprint density at radius 1 is 1.42 bits per heavy atom. The van der Waals surface area contributed by atoms with E-state index in [4.69, 9.17) is 11.6 Å². The summed E-state index contributed by atoms with van der Waals surface area (Å²) in [5.74, 6) is 1.20. The Morgan fingerprint density at radius 3 is 2.74 bits per heavy atom. The van der Waals surface area contributed by atoms with Crippen LogP contribution >= 0.6 is 27.5 Å². The molecule has 0 heterocycles. The lowest BCUT2D eigenvalue weighted by Gasteiger charge is -2.39. The SMILES string of the molecule is CC1CCC(CCl)(NCc2cccc(F)c2Br)CC1. The van der Waals surface area contributed by atoms with Crippen LogP contribution in [0.15, 0.2) is 22.7 Å². The fourth-order valence-corrected chi connectivity index (χ4v) is 3.41. The summed E-state index contributed by atoms with van der Waals surface area (Å²) < 4.78 is 14.0. The Hall–Kier alpha value is -0.120. The number of rotatable bonds is 4. The lowest BCUT2D eigenvalue weighted by Crippen LogP contribution is -2.49. The molecule has 0 radical (unpaired) electrons. The maximum Gasteiger partial charge on any atom is 0.137 e. The number of benzene rings is 1. The van der Waals surface area contributed by atoms with Gasteiger partial charge in [0.25, 0.3) is 0 Å². The van der Waals surface area contributed by atoms with Gasteiger partial charge in [0.1, 0.15) is 5.82 Å². The van der Waals surface area contributed by atoms with E-state index in [9.17, 15) is 4.39 Å². The molecule has 0 unspecified atom stereocenters. The molecule has 106 valence electrons. The van der Waals surface area contributed by atoms with Crippen LogP contribution in [0.3, 0.4) is 0 Å². The van der Waals surface area contributed by atoms with Gasteiger partial charge in [0.05, 0.1) is 4.47 Å². The molecule has 0 bridgehead atoms. The third-order valence-electron chi connectivity index (χ3n) is 4.17. The Labute approximate surface area is 128 Å². The molecule has 0 spiro atoms. The van der Waals surface area contributed by atoms with Crippen LogP contribution in [0.25, 0.3) is 0 Å². The zero-order chi connectivity index (χ0) is 13.9. The monoisotopic (exact) mass is 347 g/mol. The molecule has 19 heavy (non-hydrogen) atoms. The molecule has 0 aromatic heterocycles. The van der Waals surface area contributed by atoms with Gasteiger partial charge in [0, 0.05) is 18.0 Å². The summed E-state index contributed by atoms with van der Waals surface area (Å²) >= 11 is 9.48. The average Bonchev–Trinajstić information content (AvgIpc) is 2.43. The van der Waals surface area contributed by atoms with E-state index < -0.39 is 0 Å². The Morgan fingerprint density at radius 2 is 2.11 bits per heavy atom. The molecule has 4 heteroatoms. The zero-order valence-electron chi connectivity index (χ0n) is 11.2. The summed E-state index contributed by atoms with van der Waals surface area (Å²) in [5.41, 5.74) is 0.961. The first kappa shape index (κ1) is 15.3. The van der Waals surface area contributed by atoms with Crippen molar-refractivity contribution in [2.75, 3.05) is 5.88 Å². The minimum atomic E-state index is -0.212. The summed E-state index contributed by atoms with van der Waals surface area (Å²) in [4.78, 5) is 0. The van der Waals surface area contributed by atoms with Crippen molar-refractivity contribution < 1.29 is 4.39 Å². The van der Waals surface area contributed by atoms with Crippen LogP contribution in [-0.2, 0) is 6.54 Å². The molecule has 0 saturated heterocycles. The van der Waals surface area contributed by atoms with Crippen LogP contribution in [0.2, 0.25) is 0 Å². The predicted octanol–water partition coefficient (Wildman–Crippen LogP) is 4.87. The van der Waals surface area contributed by atoms with Gasteiger partial charge in [-0.15, -0.1) is 11.6 Å². The van der Waals surface area contributed by atoms with E-state index in [0.29, 0.717) is 16.9 Å². The van der Waals surface area contributed by atoms with E-state index in [1.807, 2.05) is 6.07 Å². The van der Waals surface area contributed by atoms with Gasteiger partial charge in [-0.3, -0.25) is 0 Å². The van der Waals surface area contributed by atoms with Crippen LogP contribution < -0.4 is 5.32 Å². The van der Waals surface area contributed by atoms with Gasteiger partial charge in [-0.25, -0.2) is 4.39 Å². The van der Waals surface area contributed by atoms with E-state index in [0.717, 1.165) is 24.3 Å². The summed E-state index contributed by atoms with van der Waals surface area (Å²) in [6.45, 7) is 2.95. The number of hydrogen-bond acceptors (Lipinski definition) is 1. The van der Waals surface area contributed by atoms with Gasteiger partial charge in [-0.05, 0) is 59.2 Å². The van der Waals surface area contributed by atoms with E-state index in [1.165, 1.54) is 18.9 Å². The van der Waals surface area contributed by atoms with Crippen molar-refractivity contribution in [1.82, 2.24) is 5.32 Å². The molecule has 1 aromatic rings. The Balaban J connectivity index is 2.02. The van der Waals surface area contributed by atoms with Gasteiger partial charge >= 0.3 is 0 Å². The first-order valence-corrected chi connectivity index (χ1v) is 8.13. The summed E-state index contributed by atoms with van der Waals surface area (Å²) in [7, 11) is 0. The van der Waals surface area contributed by atoms with E-state index in [2.05, 4.69) is 28.2 Å². The Bertz CT molecular complexity index is 430. The molecule has 1 nitrogen and oxygen atoms in total. The molecule has 0 amide bonds. The third-order valence-corrected chi connectivity index (χ3v) is 5.57. The summed E-state index contributed by atoms with van der Waals surface area (Å²) in [6.07, 6.45) is 4.63. The van der Waals surface area contributed by atoms with Crippen molar-refractivity contribution >= 4 is 27.5 Å². The minimum Gasteiger partial charge on any atom is -0.306 e. The van der Waals surface area contributed by atoms with Crippen molar-refractivity contribution in [1.29, 1.82) is 0 Å². The zero-order valence-corrected chi connectivity index (χ0v) is 13.5. The quantitative estimate of drug-likeness (QED) is 0.766. The first-order chi connectivity index (χ1) is 9.06. The van der Waals surface area contributed by atoms with Crippen molar-refractivity contribution in [2.45, 2.75) is 44.7 Å². The van der Waals surface area contributed by atoms with Crippen LogP contribution in [0.1, 0.15) is 38.2 Å². The van der Waals surface area contributed by atoms with E-state index >= 15 is 0 Å². The molecule has 1 aromatic carbocycles. The number of halogens is 3. The smallest absolute Gasteiger partial charge is 0.137 e. The molecule has 1 N–H and O–H groups in total. The van der Waals surface area contributed by atoms with E-state index in [-0.39, 0.29) is 11.4 Å². The molecule has 1 fully saturated rings. The maximum atomic E-state index is 13.5. The highest BCUT2D eigenvalue weighted by atomic mass is 79.9. The van der Waals surface area contributed by atoms with Gasteiger partial charge < -0.3 is 5.32 Å². The van der Waals surface area contributed by atoms with Crippen LogP contribution in [0, 0.1) is 11.7 Å². The van der Waals surface area contributed by atoms with Crippen LogP contribution in [0.4, 0.5) is 4.39 Å². The molecule has 0 aliphatic heterocycles. The van der Waals surface area contributed by atoms with E-state index in [1.54, 1.807) is 6.07 Å². The fraction of sp³-hybridized carbons (Fsp3) is 0.600. The van der Waals surface area contributed by atoms with Gasteiger partial charge in [-0.1, -0.05) is 19.1 Å². The van der Waals surface area contributed by atoms with Crippen LogP contribution in [0.5, 0.6) is 0 Å². The largest absolute Gasteiger partial charge is 0.306 e. The highest BCUT2D eigenvalue weighted by molar-refractivity contribution is 9.10. The molecular weight excluding hydrogens is 329 g/mol. The van der Waals surface area contributed by atoms with Gasteiger partial charge in [-0.2, -0.15) is 0 Å². The lowest BCUT2D eigenvalue weighted by molar-refractivity contribution is 0.216. The number of alkyl halides is 1. The molecular formula is C15H20BrClFN. The van der Waals surface area contributed by atoms with Gasteiger partial charge in [0.2, 0.25) is 0 Å². The van der Waals surface area contributed by atoms with Crippen molar-refractivity contribution in [3.63, 3.8) is 0 Å². The predicted molar refractivity (Wildman–Crippen MR) is 82.0 cm³/mol. The highest BCUT2D eigenvalue weighted by Gasteiger charge is 2.32. The average molecular weight is 349 g/mol. The third kappa shape index (κ3) is 3.71. The normalized spacial score (nSPS) is 27.5. The number of hydrogen-bond donors (Lipinski definition) is 1. The fourth-order valence-electron chi connectivity index (χ4n) is 2.64. The first-order valence-electron chi connectivity index (χ1n) is 6.80. The highest BCUT2D eigenvalue weighted by Crippen LogP contribution is 2.33. The summed E-state index contributed by atoms with van der Waals surface area (Å²) in [6, 6.07) is 5.15. The Kier molecular flexibility index (Phi) is 5.27. The second-order valence-corrected chi connectivity index (χ2v) is 6.72. The topological polar surface area (TPSA) is 12.0 Å². The standard InChI is InChI=1S/C15H20BrClFN/c1-11-5-7-15(10-17,8-6-11)19-9-12-3-2-4-13(18)14(12)16/h2-4,11,19H,5-10H2,1H3. The van der Waals surface area contributed by atoms with Gasteiger partial charge in [0.15, 0.2) is 0 Å². The minimum absolute atomic E-state index is 0.0137. The second-order valence-electron chi connectivity index (χ2n) is 5.66. The molecule has 2 rings (SSSR count). The van der Waals surface area contributed by atoms with Crippen molar-refractivity contribution in [3.8, 4) is 0 Å². The van der Waals surface area contributed by atoms with Crippen molar-refractivity contribution in [3.05, 3.63) is 34.1 Å². The molecule has 1 saturated carbocycles. The summed E-state index contributed by atoms with van der Waals surface area (Å²) in [5, 5.41) is 3.56. The van der Waals surface area contributed by atoms with Crippen LogP contribution in [-0.4, -0.2) is 11.4 Å². The molecule has 0 atom stereocenters.